The van der Waals surface area contributed by atoms with E-state index < -0.39 is 17.8 Å². The Balaban J connectivity index is 2.20. The molecule has 0 aliphatic heterocycles. The Morgan fingerprint density at radius 1 is 1.03 bits per heavy atom. The number of amides is 2. The number of methoxy groups -OCH3 is 1. The first-order valence-electron chi connectivity index (χ1n) is 8.89. The zero-order valence-corrected chi connectivity index (χ0v) is 15.9. The number of ether oxygens (including phenoxy) is 1. The quantitative estimate of drug-likeness (QED) is 0.448. The smallest absolute Gasteiger partial charge is 0.305 e. The number of benzene rings is 2. The minimum absolute atomic E-state index is 0.0153. The summed E-state index contributed by atoms with van der Waals surface area (Å²) in [5, 5.41) is 13.8. The molecule has 2 aromatic carbocycles. The number of allylic oxidation sites excluding steroid dienone is 2. The molecule has 0 bridgehead atoms. The maximum absolute atomic E-state index is 12.6. The molecule has 0 unspecified atom stereocenters. The first-order valence-corrected chi connectivity index (χ1v) is 8.89. The van der Waals surface area contributed by atoms with Crippen LogP contribution in [0.25, 0.3) is 6.08 Å². The summed E-state index contributed by atoms with van der Waals surface area (Å²) in [7, 11) is 1.45. The van der Waals surface area contributed by atoms with Crippen molar-refractivity contribution in [1.82, 2.24) is 10.6 Å². The molecular weight excluding hydrogens is 372 g/mol. The number of carbonyl (C=O) groups excluding carboxylic acids is 2. The van der Waals surface area contributed by atoms with Gasteiger partial charge in [-0.3, -0.25) is 14.4 Å². The summed E-state index contributed by atoms with van der Waals surface area (Å²) in [6.07, 6.45) is 4.64. The zero-order chi connectivity index (χ0) is 21.1. The van der Waals surface area contributed by atoms with Gasteiger partial charge in [0.15, 0.2) is 0 Å². The van der Waals surface area contributed by atoms with Gasteiger partial charge in [-0.25, -0.2) is 0 Å². The van der Waals surface area contributed by atoms with Crippen LogP contribution in [0.1, 0.15) is 22.3 Å². The molecule has 0 aromatic heterocycles. The maximum atomic E-state index is 12.6. The van der Waals surface area contributed by atoms with Crippen LogP contribution in [0.2, 0.25) is 0 Å². The fourth-order valence-electron chi connectivity index (χ4n) is 2.39. The van der Waals surface area contributed by atoms with E-state index in [9.17, 15) is 14.4 Å². The summed E-state index contributed by atoms with van der Waals surface area (Å²) in [5.41, 5.74) is 1.18. The molecule has 0 fully saturated rings. The van der Waals surface area contributed by atoms with E-state index in [0.717, 1.165) is 5.56 Å². The molecule has 2 aromatic rings. The van der Waals surface area contributed by atoms with Crippen LogP contribution in [-0.2, 0) is 9.59 Å². The Labute approximate surface area is 168 Å². The maximum Gasteiger partial charge on any atom is 0.305 e. The number of para-hydroxylation sites is 1. The summed E-state index contributed by atoms with van der Waals surface area (Å²) in [6.45, 7) is -0.0571. The standard InChI is InChI=1S/C22H22N2O5/c1-29-19-13-6-5-11-17(19)21(27)24-18(22(28)23-15-14-20(25)26)12-7-10-16-8-3-2-4-9-16/h2-13H,14-15H2,1H3,(H,23,28)(H,24,27)(H,25,26). The van der Waals surface area contributed by atoms with E-state index in [1.165, 1.54) is 13.2 Å². The van der Waals surface area contributed by atoms with Gasteiger partial charge in [-0.15, -0.1) is 0 Å². The van der Waals surface area contributed by atoms with Crippen LogP contribution >= 0.6 is 0 Å². The number of carbonyl (C=O) groups is 3. The molecule has 0 radical (unpaired) electrons. The first kappa shape index (κ1) is 21.4. The Hall–Kier alpha value is -3.87. The highest BCUT2D eigenvalue weighted by Gasteiger charge is 2.16. The minimum atomic E-state index is -1.03. The Bertz CT molecular complexity index is 920. The van der Waals surface area contributed by atoms with Crippen LogP contribution in [0, 0.1) is 0 Å². The molecule has 0 aliphatic carbocycles. The van der Waals surface area contributed by atoms with E-state index in [4.69, 9.17) is 9.84 Å². The molecule has 7 nitrogen and oxygen atoms in total. The summed E-state index contributed by atoms with van der Waals surface area (Å²) < 4.78 is 5.18. The van der Waals surface area contributed by atoms with E-state index >= 15 is 0 Å². The number of carboxylic acids is 1. The molecule has 0 saturated heterocycles. The van der Waals surface area contributed by atoms with Crippen molar-refractivity contribution < 1.29 is 24.2 Å². The molecular formula is C22H22N2O5. The molecule has 2 amide bonds. The number of aliphatic carboxylic acids is 1. The minimum Gasteiger partial charge on any atom is -0.496 e. The third-order valence-electron chi connectivity index (χ3n) is 3.82. The molecule has 2 rings (SSSR count). The lowest BCUT2D eigenvalue weighted by Gasteiger charge is -2.12. The number of rotatable bonds is 9. The second kappa shape index (κ2) is 11.1. The largest absolute Gasteiger partial charge is 0.496 e. The topological polar surface area (TPSA) is 105 Å². The van der Waals surface area contributed by atoms with Crippen molar-refractivity contribution in [3.8, 4) is 5.75 Å². The third kappa shape index (κ3) is 6.99. The fraction of sp³-hybridized carbons (Fsp3) is 0.136. The summed E-state index contributed by atoms with van der Waals surface area (Å²) >= 11 is 0. The van der Waals surface area contributed by atoms with Crippen molar-refractivity contribution in [3.05, 3.63) is 83.6 Å². The van der Waals surface area contributed by atoms with Gasteiger partial charge in [-0.05, 0) is 23.8 Å². The van der Waals surface area contributed by atoms with Crippen molar-refractivity contribution in [2.75, 3.05) is 13.7 Å². The van der Waals surface area contributed by atoms with Gasteiger partial charge in [-0.1, -0.05) is 54.6 Å². The lowest BCUT2D eigenvalue weighted by Crippen LogP contribution is -2.36. The van der Waals surface area contributed by atoms with Gasteiger partial charge >= 0.3 is 5.97 Å². The van der Waals surface area contributed by atoms with Gasteiger partial charge in [-0.2, -0.15) is 0 Å². The molecule has 3 N–H and O–H groups in total. The highest BCUT2D eigenvalue weighted by Crippen LogP contribution is 2.17. The van der Waals surface area contributed by atoms with Crippen molar-refractivity contribution in [3.63, 3.8) is 0 Å². The van der Waals surface area contributed by atoms with Gasteiger partial charge < -0.3 is 20.5 Å². The summed E-state index contributed by atoms with van der Waals surface area (Å²) in [6, 6.07) is 16.1. The molecule has 0 saturated carbocycles. The van der Waals surface area contributed by atoms with Gasteiger partial charge in [0.25, 0.3) is 11.8 Å². The molecule has 150 valence electrons. The molecule has 0 spiro atoms. The fourth-order valence-corrected chi connectivity index (χ4v) is 2.39. The van der Waals surface area contributed by atoms with Crippen LogP contribution in [0.15, 0.2) is 72.4 Å². The average molecular weight is 394 g/mol. The van der Waals surface area contributed by atoms with Crippen LogP contribution in [0.5, 0.6) is 5.75 Å². The average Bonchev–Trinajstić information content (AvgIpc) is 2.73. The number of nitrogens with one attached hydrogen (secondary N) is 2. The molecule has 7 heteroatoms. The third-order valence-corrected chi connectivity index (χ3v) is 3.82. The predicted octanol–water partition coefficient (Wildman–Crippen LogP) is 2.61. The normalized spacial score (nSPS) is 11.1. The van der Waals surface area contributed by atoms with E-state index in [1.807, 2.05) is 30.3 Å². The molecule has 29 heavy (non-hydrogen) atoms. The van der Waals surface area contributed by atoms with Crippen molar-refractivity contribution >= 4 is 23.9 Å². The number of hydrogen-bond acceptors (Lipinski definition) is 4. The van der Waals surface area contributed by atoms with Crippen LogP contribution in [0.3, 0.4) is 0 Å². The van der Waals surface area contributed by atoms with E-state index in [2.05, 4.69) is 10.6 Å². The van der Waals surface area contributed by atoms with Crippen LogP contribution in [-0.4, -0.2) is 36.5 Å². The lowest BCUT2D eigenvalue weighted by molar-refractivity contribution is -0.136. The van der Waals surface area contributed by atoms with E-state index in [1.54, 1.807) is 36.4 Å². The Kier molecular flexibility index (Phi) is 8.19. The van der Waals surface area contributed by atoms with E-state index in [-0.39, 0.29) is 24.2 Å². The highest BCUT2D eigenvalue weighted by atomic mass is 16.5. The summed E-state index contributed by atoms with van der Waals surface area (Å²) in [5.74, 6) is -1.77. The first-order chi connectivity index (χ1) is 14.0. The summed E-state index contributed by atoms with van der Waals surface area (Å²) in [4.78, 5) is 35.7. The Morgan fingerprint density at radius 2 is 1.72 bits per heavy atom. The van der Waals surface area contributed by atoms with Crippen LogP contribution in [0.4, 0.5) is 0 Å². The lowest BCUT2D eigenvalue weighted by atomic mass is 10.1. The molecule has 0 heterocycles. The SMILES string of the molecule is COc1ccccc1C(=O)NC(=CC=Cc1ccccc1)C(=O)NCCC(=O)O. The van der Waals surface area contributed by atoms with Gasteiger partial charge in [0.05, 0.1) is 19.1 Å². The molecule has 0 aliphatic rings. The van der Waals surface area contributed by atoms with Crippen molar-refractivity contribution in [1.29, 1.82) is 0 Å². The zero-order valence-electron chi connectivity index (χ0n) is 15.9. The van der Waals surface area contributed by atoms with Crippen molar-refractivity contribution in [2.45, 2.75) is 6.42 Å². The second-order valence-electron chi connectivity index (χ2n) is 5.90. The monoisotopic (exact) mass is 394 g/mol. The van der Waals surface area contributed by atoms with Gasteiger partial charge in [0.2, 0.25) is 0 Å². The highest BCUT2D eigenvalue weighted by molar-refractivity contribution is 6.04. The van der Waals surface area contributed by atoms with Gasteiger partial charge in [0.1, 0.15) is 11.4 Å². The number of hydrogen-bond donors (Lipinski definition) is 3. The van der Waals surface area contributed by atoms with Crippen LogP contribution < -0.4 is 15.4 Å². The van der Waals surface area contributed by atoms with E-state index in [0.29, 0.717) is 5.75 Å². The second-order valence-corrected chi connectivity index (χ2v) is 5.90. The molecule has 0 atom stereocenters. The van der Waals surface area contributed by atoms with Crippen molar-refractivity contribution in [2.24, 2.45) is 0 Å². The Morgan fingerprint density at radius 3 is 2.41 bits per heavy atom. The predicted molar refractivity (Wildman–Crippen MR) is 109 cm³/mol. The van der Waals surface area contributed by atoms with Gasteiger partial charge in [0, 0.05) is 6.54 Å². The number of carboxylic acid groups (broad SMARTS) is 1.